The number of anilines is 5. The van der Waals surface area contributed by atoms with Gasteiger partial charge in [-0.15, -0.1) is 0 Å². The van der Waals surface area contributed by atoms with Crippen LogP contribution in [0.3, 0.4) is 0 Å². The first-order chi connectivity index (χ1) is 18.0. The third-order valence-corrected chi connectivity index (χ3v) is 5.52. The van der Waals surface area contributed by atoms with E-state index < -0.39 is 5.97 Å². The monoisotopic (exact) mass is 503 g/mol. The second-order valence-corrected chi connectivity index (χ2v) is 8.24. The molecular weight excluding hydrogens is 474 g/mol. The fourth-order valence-corrected chi connectivity index (χ4v) is 3.74. The van der Waals surface area contributed by atoms with E-state index in [1.165, 1.54) is 7.11 Å². The Labute approximate surface area is 214 Å². The van der Waals surface area contributed by atoms with Crippen LogP contribution in [-0.2, 0) is 20.7 Å². The number of unbranched alkanes of at least 4 members (excludes halogenated alkanes) is 1. The zero-order valence-corrected chi connectivity index (χ0v) is 20.7. The SMILES string of the molecule is CCOC(=O)c1cccc(Nc2nc(Nc3cccc(N)c3)nc3c(CCCCC(=O)OC)cnn23)c1. The molecule has 192 valence electrons. The summed E-state index contributed by atoms with van der Waals surface area (Å²) in [5.41, 5.74) is 9.84. The third kappa shape index (κ3) is 6.51. The zero-order chi connectivity index (χ0) is 26.2. The van der Waals surface area contributed by atoms with Gasteiger partial charge in [0.25, 0.3) is 0 Å². The van der Waals surface area contributed by atoms with E-state index in [0.29, 0.717) is 53.7 Å². The minimum absolute atomic E-state index is 0.229. The number of nitrogens with zero attached hydrogens (tertiary/aromatic N) is 4. The number of methoxy groups -OCH3 is 1. The van der Waals surface area contributed by atoms with Crippen molar-refractivity contribution in [2.45, 2.75) is 32.6 Å². The Morgan fingerprint density at radius 3 is 2.57 bits per heavy atom. The molecule has 2 aromatic carbocycles. The highest BCUT2D eigenvalue weighted by atomic mass is 16.5. The van der Waals surface area contributed by atoms with E-state index in [-0.39, 0.29) is 12.6 Å². The summed E-state index contributed by atoms with van der Waals surface area (Å²) in [5, 5.41) is 10.9. The molecular formula is C26H29N7O4. The zero-order valence-electron chi connectivity index (χ0n) is 20.7. The number of ether oxygens (including phenoxy) is 2. The van der Waals surface area contributed by atoms with E-state index in [9.17, 15) is 9.59 Å². The number of rotatable bonds is 11. The Morgan fingerprint density at radius 1 is 1.03 bits per heavy atom. The van der Waals surface area contributed by atoms with Crippen molar-refractivity contribution in [2.24, 2.45) is 0 Å². The van der Waals surface area contributed by atoms with Gasteiger partial charge in [0.15, 0.2) is 5.65 Å². The van der Waals surface area contributed by atoms with Gasteiger partial charge < -0.3 is 25.8 Å². The maximum atomic E-state index is 12.2. The number of fused-ring (bicyclic) bond motifs is 1. The maximum Gasteiger partial charge on any atom is 0.338 e. The van der Waals surface area contributed by atoms with Gasteiger partial charge in [-0.2, -0.15) is 19.6 Å². The van der Waals surface area contributed by atoms with Gasteiger partial charge in [0.2, 0.25) is 11.9 Å². The van der Waals surface area contributed by atoms with Crippen molar-refractivity contribution in [2.75, 3.05) is 30.1 Å². The van der Waals surface area contributed by atoms with Crippen LogP contribution >= 0.6 is 0 Å². The van der Waals surface area contributed by atoms with Crippen LogP contribution in [0.1, 0.15) is 42.1 Å². The number of benzene rings is 2. The topological polar surface area (TPSA) is 146 Å². The molecule has 0 saturated carbocycles. The van der Waals surface area contributed by atoms with Crippen LogP contribution in [0.4, 0.5) is 29.0 Å². The van der Waals surface area contributed by atoms with Crippen molar-refractivity contribution in [3.8, 4) is 0 Å². The predicted molar refractivity (Wildman–Crippen MR) is 140 cm³/mol. The number of carbonyl (C=O) groups is 2. The highest BCUT2D eigenvalue weighted by Crippen LogP contribution is 2.24. The van der Waals surface area contributed by atoms with E-state index >= 15 is 0 Å². The number of esters is 2. The molecule has 37 heavy (non-hydrogen) atoms. The van der Waals surface area contributed by atoms with E-state index in [4.69, 9.17) is 20.2 Å². The third-order valence-electron chi connectivity index (χ3n) is 5.52. The first-order valence-electron chi connectivity index (χ1n) is 11.9. The fourth-order valence-electron chi connectivity index (χ4n) is 3.74. The molecule has 0 radical (unpaired) electrons. The summed E-state index contributed by atoms with van der Waals surface area (Å²) in [5.74, 6) is 0.111. The van der Waals surface area contributed by atoms with Crippen LogP contribution in [0.25, 0.3) is 5.65 Å². The predicted octanol–water partition coefficient (Wildman–Crippen LogP) is 4.26. The Balaban J connectivity index is 1.65. The molecule has 0 spiro atoms. The highest BCUT2D eigenvalue weighted by Gasteiger charge is 2.15. The van der Waals surface area contributed by atoms with Crippen LogP contribution < -0.4 is 16.4 Å². The molecule has 0 bridgehead atoms. The molecule has 2 aromatic heterocycles. The number of nitrogens with one attached hydrogen (secondary N) is 2. The van der Waals surface area contributed by atoms with E-state index in [1.807, 2.05) is 18.2 Å². The molecule has 0 aliphatic heterocycles. The van der Waals surface area contributed by atoms with Crippen molar-refractivity contribution < 1.29 is 19.1 Å². The molecule has 0 fully saturated rings. The molecule has 0 atom stereocenters. The summed E-state index contributed by atoms with van der Waals surface area (Å²) >= 11 is 0. The second-order valence-electron chi connectivity index (χ2n) is 8.24. The minimum atomic E-state index is -0.406. The average molecular weight is 504 g/mol. The van der Waals surface area contributed by atoms with E-state index in [1.54, 1.807) is 48.0 Å². The van der Waals surface area contributed by atoms with E-state index in [0.717, 1.165) is 17.7 Å². The summed E-state index contributed by atoms with van der Waals surface area (Å²) in [6.45, 7) is 2.05. The molecule has 11 heteroatoms. The quantitative estimate of drug-likeness (QED) is 0.154. The number of hydrogen-bond donors (Lipinski definition) is 3. The number of hydrogen-bond acceptors (Lipinski definition) is 10. The Bertz CT molecular complexity index is 1400. The lowest BCUT2D eigenvalue weighted by molar-refractivity contribution is -0.140. The van der Waals surface area contributed by atoms with E-state index in [2.05, 4.69) is 20.7 Å². The molecule has 0 aliphatic carbocycles. The molecule has 0 unspecified atom stereocenters. The molecule has 0 saturated heterocycles. The van der Waals surface area contributed by atoms with Crippen LogP contribution in [0.5, 0.6) is 0 Å². The second kappa shape index (κ2) is 11.8. The van der Waals surface area contributed by atoms with Gasteiger partial charge in [0, 0.05) is 29.0 Å². The Kier molecular flexibility index (Phi) is 8.14. The first-order valence-corrected chi connectivity index (χ1v) is 11.9. The molecule has 4 N–H and O–H groups in total. The molecule has 2 heterocycles. The van der Waals surface area contributed by atoms with Gasteiger partial charge in [-0.25, -0.2) is 4.79 Å². The number of nitrogen functional groups attached to an aromatic ring is 1. The highest BCUT2D eigenvalue weighted by molar-refractivity contribution is 5.90. The van der Waals surface area contributed by atoms with Crippen LogP contribution in [-0.4, -0.2) is 45.2 Å². The van der Waals surface area contributed by atoms with Crippen LogP contribution in [0.2, 0.25) is 0 Å². The van der Waals surface area contributed by atoms with Crippen LogP contribution in [0, 0.1) is 0 Å². The summed E-state index contributed by atoms with van der Waals surface area (Å²) in [7, 11) is 1.39. The first kappa shape index (κ1) is 25.4. The van der Waals surface area contributed by atoms with Crippen LogP contribution in [0.15, 0.2) is 54.7 Å². The fraction of sp³-hybridized carbons (Fsp3) is 0.269. The minimum Gasteiger partial charge on any atom is -0.469 e. The molecule has 4 rings (SSSR count). The summed E-state index contributed by atoms with van der Waals surface area (Å²) in [6.07, 6.45) is 4.23. The van der Waals surface area contributed by atoms with Crippen molar-refractivity contribution >= 4 is 46.5 Å². The van der Waals surface area contributed by atoms with Gasteiger partial charge in [0.05, 0.1) is 25.5 Å². The largest absolute Gasteiger partial charge is 0.469 e. The summed E-state index contributed by atoms with van der Waals surface area (Å²) in [4.78, 5) is 32.9. The number of nitrogens with two attached hydrogens (primary N) is 1. The van der Waals surface area contributed by atoms with Crippen molar-refractivity contribution in [3.63, 3.8) is 0 Å². The van der Waals surface area contributed by atoms with Gasteiger partial charge in [-0.05, 0) is 62.6 Å². The summed E-state index contributed by atoms with van der Waals surface area (Å²) < 4.78 is 11.4. The lowest BCUT2D eigenvalue weighted by Crippen LogP contribution is -2.09. The van der Waals surface area contributed by atoms with Crippen molar-refractivity contribution in [1.82, 2.24) is 19.6 Å². The Hall–Kier alpha value is -4.67. The summed E-state index contributed by atoms with van der Waals surface area (Å²) in [6, 6.07) is 14.2. The van der Waals surface area contributed by atoms with Crippen molar-refractivity contribution in [3.05, 3.63) is 65.9 Å². The van der Waals surface area contributed by atoms with Crippen molar-refractivity contribution in [1.29, 1.82) is 0 Å². The lowest BCUT2D eigenvalue weighted by Gasteiger charge is -2.12. The van der Waals surface area contributed by atoms with Gasteiger partial charge in [-0.1, -0.05) is 12.1 Å². The lowest BCUT2D eigenvalue weighted by atomic mass is 10.1. The smallest absolute Gasteiger partial charge is 0.338 e. The Morgan fingerprint density at radius 2 is 1.81 bits per heavy atom. The standard InChI is InChI=1S/C26H29N7O4/c1-3-37-24(35)17-9-6-11-20(14-17)30-26-32-25(29-21-12-7-10-19(27)15-21)31-23-18(16-28-33(23)26)8-4-5-13-22(34)36-2/h6-7,9-12,14-16H,3-5,8,13,27H2,1-2H3,(H2,29,30,31,32). The molecule has 4 aromatic rings. The maximum absolute atomic E-state index is 12.2. The van der Waals surface area contributed by atoms with Gasteiger partial charge in [0.1, 0.15) is 0 Å². The average Bonchev–Trinajstić information content (AvgIpc) is 3.30. The molecule has 0 aliphatic rings. The molecule has 0 amide bonds. The normalized spacial score (nSPS) is 10.8. The number of carbonyl (C=O) groups excluding carboxylic acids is 2. The number of aryl methyl sites for hydroxylation is 1. The molecule has 11 nitrogen and oxygen atoms in total. The van der Waals surface area contributed by atoms with Gasteiger partial charge >= 0.3 is 11.9 Å². The number of aromatic nitrogens is 4. The van der Waals surface area contributed by atoms with Gasteiger partial charge in [-0.3, -0.25) is 4.79 Å².